The average molecular weight is 333 g/mol. The predicted octanol–water partition coefficient (Wildman–Crippen LogP) is 2.06. The summed E-state index contributed by atoms with van der Waals surface area (Å²) in [5, 5.41) is 5.62. The zero-order chi connectivity index (χ0) is 18.3. The van der Waals surface area contributed by atoms with Gasteiger partial charge in [0.2, 0.25) is 11.8 Å². The predicted molar refractivity (Wildman–Crippen MR) is 95.1 cm³/mol. The number of carbonyl (C=O) groups excluding carboxylic acids is 3. The Labute approximate surface area is 143 Å². The Balaban J connectivity index is 2.65. The van der Waals surface area contributed by atoms with Crippen LogP contribution in [0, 0.1) is 0 Å². The summed E-state index contributed by atoms with van der Waals surface area (Å²) in [4.78, 5) is 37.5. The molecule has 0 bridgehead atoms. The Morgan fingerprint density at radius 1 is 1.04 bits per heavy atom. The van der Waals surface area contributed by atoms with Gasteiger partial charge in [0.1, 0.15) is 0 Å². The number of carbonyl (C=O) groups is 3. The highest BCUT2D eigenvalue weighted by molar-refractivity contribution is 6.04. The smallest absolute Gasteiger partial charge is 0.238 e. The third-order valence-electron chi connectivity index (χ3n) is 3.28. The molecule has 0 heterocycles. The normalized spacial score (nSPS) is 11.2. The van der Waals surface area contributed by atoms with E-state index in [1.54, 1.807) is 29.2 Å². The summed E-state index contributed by atoms with van der Waals surface area (Å²) >= 11 is 0. The van der Waals surface area contributed by atoms with Crippen molar-refractivity contribution in [1.29, 1.82) is 0 Å². The van der Waals surface area contributed by atoms with Crippen LogP contribution in [0.25, 0.3) is 0 Å². The van der Waals surface area contributed by atoms with Crippen LogP contribution in [0.3, 0.4) is 0 Å². The molecule has 0 saturated heterocycles. The lowest BCUT2D eigenvalue weighted by Gasteiger charge is -2.24. The van der Waals surface area contributed by atoms with Gasteiger partial charge in [0, 0.05) is 11.1 Å². The van der Waals surface area contributed by atoms with Crippen LogP contribution in [0.1, 0.15) is 45.0 Å². The van der Waals surface area contributed by atoms with E-state index in [0.29, 0.717) is 17.8 Å². The van der Waals surface area contributed by atoms with E-state index in [-0.39, 0.29) is 36.2 Å². The fourth-order valence-electron chi connectivity index (χ4n) is 2.23. The van der Waals surface area contributed by atoms with Crippen LogP contribution in [0.15, 0.2) is 24.3 Å². The van der Waals surface area contributed by atoms with E-state index < -0.39 is 0 Å². The molecule has 0 aromatic heterocycles. The molecule has 0 aliphatic carbocycles. The van der Waals surface area contributed by atoms with Gasteiger partial charge in [-0.3, -0.25) is 19.3 Å². The van der Waals surface area contributed by atoms with Gasteiger partial charge < -0.3 is 10.6 Å². The number of Topliss-reactive ketones (excluding diaryl/α,β-unsaturated/α-hetero) is 1. The van der Waals surface area contributed by atoms with Crippen LogP contribution >= 0.6 is 0 Å². The number of anilines is 1. The molecular weight excluding hydrogens is 306 g/mol. The Hall–Kier alpha value is -2.21. The van der Waals surface area contributed by atoms with Crippen molar-refractivity contribution in [2.75, 3.05) is 25.0 Å². The second-order valence-corrected chi connectivity index (χ2v) is 6.75. The van der Waals surface area contributed by atoms with Crippen molar-refractivity contribution in [3.63, 3.8) is 0 Å². The van der Waals surface area contributed by atoms with Crippen LogP contribution in [0.4, 0.5) is 5.69 Å². The summed E-state index contributed by atoms with van der Waals surface area (Å²) in [6, 6.07) is 6.88. The molecule has 1 aromatic rings. The lowest BCUT2D eigenvalue weighted by Crippen LogP contribution is -2.47. The maximum Gasteiger partial charge on any atom is 0.238 e. The number of nitrogens with one attached hydrogen (secondary N) is 2. The average Bonchev–Trinajstić information content (AvgIpc) is 2.44. The number of likely N-dealkylation sites (N-methyl/N-ethyl adjacent to an activating group) is 1. The minimum Gasteiger partial charge on any atom is -0.350 e. The summed E-state index contributed by atoms with van der Waals surface area (Å²) in [7, 11) is 0. The first-order valence-electron chi connectivity index (χ1n) is 8.05. The Bertz CT molecular complexity index is 606. The summed E-state index contributed by atoms with van der Waals surface area (Å²) in [5.74, 6) is -0.488. The van der Waals surface area contributed by atoms with E-state index in [1.807, 2.05) is 27.7 Å². The largest absolute Gasteiger partial charge is 0.350 e. The van der Waals surface area contributed by atoms with Crippen molar-refractivity contribution in [1.82, 2.24) is 10.2 Å². The molecule has 0 radical (unpaired) electrons. The second-order valence-electron chi connectivity index (χ2n) is 6.75. The van der Waals surface area contributed by atoms with Gasteiger partial charge in [-0.25, -0.2) is 0 Å². The van der Waals surface area contributed by atoms with Gasteiger partial charge in [-0.15, -0.1) is 0 Å². The van der Waals surface area contributed by atoms with Crippen molar-refractivity contribution >= 4 is 23.3 Å². The van der Waals surface area contributed by atoms with Crippen molar-refractivity contribution in [3.8, 4) is 0 Å². The van der Waals surface area contributed by atoms with E-state index in [9.17, 15) is 14.4 Å². The molecule has 132 valence electrons. The van der Waals surface area contributed by atoms with E-state index in [2.05, 4.69) is 10.6 Å². The van der Waals surface area contributed by atoms with Crippen molar-refractivity contribution in [3.05, 3.63) is 29.8 Å². The van der Waals surface area contributed by atoms with Gasteiger partial charge in [0.25, 0.3) is 0 Å². The van der Waals surface area contributed by atoms with Crippen molar-refractivity contribution in [2.24, 2.45) is 0 Å². The molecule has 2 N–H and O–H groups in total. The van der Waals surface area contributed by atoms with E-state index in [4.69, 9.17) is 0 Å². The van der Waals surface area contributed by atoms with E-state index >= 15 is 0 Å². The zero-order valence-corrected chi connectivity index (χ0v) is 15.1. The minimum atomic E-state index is -0.306. The lowest BCUT2D eigenvalue weighted by molar-refractivity contribution is -0.124. The topological polar surface area (TPSA) is 78.5 Å². The van der Waals surface area contributed by atoms with E-state index in [0.717, 1.165) is 0 Å². The number of hydrogen-bond donors (Lipinski definition) is 2. The molecule has 0 saturated carbocycles. The number of rotatable bonds is 7. The van der Waals surface area contributed by atoms with Crippen LogP contribution in [-0.4, -0.2) is 47.7 Å². The SMILES string of the molecule is CCN(CC(=O)Nc1ccccc1C(C)=O)CC(=O)NC(C)(C)C. The highest BCUT2D eigenvalue weighted by atomic mass is 16.2. The standard InChI is InChI=1S/C18H27N3O3/c1-6-21(12-17(24)20-18(3,4)5)11-16(23)19-15-10-8-7-9-14(15)13(2)22/h7-10H,6,11-12H2,1-5H3,(H,19,23)(H,20,24). The van der Waals surface area contributed by atoms with Crippen LogP contribution in [-0.2, 0) is 9.59 Å². The van der Waals surface area contributed by atoms with Crippen LogP contribution in [0.5, 0.6) is 0 Å². The molecule has 2 amide bonds. The summed E-state index contributed by atoms with van der Waals surface area (Å²) < 4.78 is 0. The van der Waals surface area contributed by atoms with Gasteiger partial charge in [-0.2, -0.15) is 0 Å². The highest BCUT2D eigenvalue weighted by Crippen LogP contribution is 2.15. The third kappa shape index (κ3) is 6.91. The first kappa shape index (κ1) is 19.8. The van der Waals surface area contributed by atoms with E-state index in [1.165, 1.54) is 6.92 Å². The van der Waals surface area contributed by atoms with Crippen molar-refractivity contribution < 1.29 is 14.4 Å². The summed E-state index contributed by atoms with van der Waals surface area (Å²) in [6.07, 6.45) is 0. The molecule has 0 unspecified atom stereocenters. The number of benzene rings is 1. The van der Waals surface area contributed by atoms with Crippen LogP contribution < -0.4 is 10.6 Å². The number of nitrogens with zero attached hydrogens (tertiary/aromatic N) is 1. The molecule has 0 aliphatic rings. The number of hydrogen-bond acceptors (Lipinski definition) is 4. The van der Waals surface area contributed by atoms with Gasteiger partial charge in [-0.1, -0.05) is 19.1 Å². The molecular formula is C18H27N3O3. The zero-order valence-electron chi connectivity index (χ0n) is 15.1. The highest BCUT2D eigenvalue weighted by Gasteiger charge is 2.18. The molecule has 1 aromatic carbocycles. The maximum absolute atomic E-state index is 12.2. The fourth-order valence-corrected chi connectivity index (χ4v) is 2.23. The van der Waals surface area contributed by atoms with Crippen LogP contribution in [0.2, 0.25) is 0 Å². The molecule has 1 rings (SSSR count). The molecule has 0 spiro atoms. The Morgan fingerprint density at radius 3 is 2.17 bits per heavy atom. The molecule has 0 fully saturated rings. The van der Waals surface area contributed by atoms with Crippen molar-refractivity contribution in [2.45, 2.75) is 40.2 Å². The molecule has 6 nitrogen and oxygen atoms in total. The Morgan fingerprint density at radius 2 is 1.62 bits per heavy atom. The quantitative estimate of drug-likeness (QED) is 0.749. The summed E-state index contributed by atoms with van der Waals surface area (Å²) in [6.45, 7) is 9.88. The maximum atomic E-state index is 12.2. The van der Waals surface area contributed by atoms with Gasteiger partial charge >= 0.3 is 0 Å². The molecule has 0 aliphatic heterocycles. The number of para-hydroxylation sites is 1. The second kappa shape index (κ2) is 8.59. The number of ketones is 1. The first-order chi connectivity index (χ1) is 11.1. The molecule has 0 atom stereocenters. The third-order valence-corrected chi connectivity index (χ3v) is 3.28. The van der Waals surface area contributed by atoms with Gasteiger partial charge in [-0.05, 0) is 46.4 Å². The first-order valence-corrected chi connectivity index (χ1v) is 8.05. The molecule has 6 heteroatoms. The summed E-state index contributed by atoms with van der Waals surface area (Å²) in [5.41, 5.74) is 0.656. The minimum absolute atomic E-state index is 0.0836. The van der Waals surface area contributed by atoms with Gasteiger partial charge in [0.05, 0.1) is 18.8 Å². The Kier molecular flexibility index (Phi) is 7.10. The number of amides is 2. The lowest BCUT2D eigenvalue weighted by atomic mass is 10.1. The molecule has 24 heavy (non-hydrogen) atoms. The fraction of sp³-hybridized carbons (Fsp3) is 0.500. The van der Waals surface area contributed by atoms with Gasteiger partial charge in [0.15, 0.2) is 5.78 Å². The monoisotopic (exact) mass is 333 g/mol.